The first-order valence-corrected chi connectivity index (χ1v) is 12.2. The highest BCUT2D eigenvalue weighted by atomic mass is 16.6. The first-order chi connectivity index (χ1) is 16.1. The minimum absolute atomic E-state index is 0.239. The van der Waals surface area contributed by atoms with Gasteiger partial charge in [0.2, 0.25) is 0 Å². The second-order valence-corrected chi connectivity index (χ2v) is 11.4. The van der Waals surface area contributed by atoms with E-state index in [4.69, 9.17) is 18.9 Å². The molecule has 0 aromatic carbocycles. The third kappa shape index (κ3) is 4.40. The van der Waals surface area contributed by atoms with E-state index in [2.05, 4.69) is 6.58 Å². The van der Waals surface area contributed by atoms with Crippen LogP contribution in [0.3, 0.4) is 0 Å². The van der Waals surface area contributed by atoms with Gasteiger partial charge in [-0.25, -0.2) is 0 Å². The molecule has 2 N–H and O–H groups in total. The number of aliphatic hydroxyl groups is 2. The predicted octanol–water partition coefficient (Wildman–Crippen LogP) is 2.31. The van der Waals surface area contributed by atoms with Gasteiger partial charge in [0.1, 0.15) is 30.0 Å². The third-order valence-corrected chi connectivity index (χ3v) is 8.76. The molecule has 0 amide bonds. The standard InChI is InChI=1S/C26H40O9/c1-9-24(6)12-17(32-14(2)28)20-25(7)18(33-15(3)29)10-11-23(5,13-27)21(25)19(34-16(4)30)22(31)26(20,8)35-24/h9,17-22,27,31H,1,10-13H2,2-8H3/t17-,18-,19+,20-,21+,22+,23-,24+,25-,26+/m0/s1. The van der Waals surface area contributed by atoms with E-state index in [1.165, 1.54) is 20.8 Å². The van der Waals surface area contributed by atoms with Crippen LogP contribution in [-0.4, -0.2) is 70.3 Å². The van der Waals surface area contributed by atoms with Gasteiger partial charge in [0.15, 0.2) is 0 Å². The Labute approximate surface area is 207 Å². The van der Waals surface area contributed by atoms with Crippen molar-refractivity contribution >= 4 is 17.9 Å². The molecule has 0 aromatic heterocycles. The maximum atomic E-state index is 12.2. The lowest BCUT2D eigenvalue weighted by Gasteiger charge is -2.70. The van der Waals surface area contributed by atoms with E-state index in [0.717, 1.165) is 0 Å². The molecule has 9 heteroatoms. The Morgan fingerprint density at radius 1 is 1.00 bits per heavy atom. The van der Waals surface area contributed by atoms with E-state index in [9.17, 15) is 24.6 Å². The Morgan fingerprint density at radius 2 is 1.57 bits per heavy atom. The Kier molecular flexibility index (Phi) is 7.23. The molecule has 0 spiro atoms. The highest BCUT2D eigenvalue weighted by Crippen LogP contribution is 2.67. The number of hydrogen-bond donors (Lipinski definition) is 2. The first-order valence-electron chi connectivity index (χ1n) is 12.2. The summed E-state index contributed by atoms with van der Waals surface area (Å²) in [5.74, 6) is -2.85. The van der Waals surface area contributed by atoms with Crippen LogP contribution in [0.25, 0.3) is 0 Å². The molecule has 0 radical (unpaired) electrons. The largest absolute Gasteiger partial charge is 0.462 e. The van der Waals surface area contributed by atoms with Gasteiger partial charge in [-0.15, -0.1) is 6.58 Å². The van der Waals surface area contributed by atoms with Gasteiger partial charge in [-0.05, 0) is 32.1 Å². The fourth-order valence-corrected chi connectivity index (χ4v) is 7.62. The van der Waals surface area contributed by atoms with E-state index in [-0.39, 0.29) is 13.0 Å². The van der Waals surface area contributed by atoms with Crippen molar-refractivity contribution in [3.05, 3.63) is 12.7 Å². The molecule has 3 rings (SSSR count). The first kappa shape index (κ1) is 27.6. The highest BCUT2D eigenvalue weighted by Gasteiger charge is 2.75. The number of carbonyl (C=O) groups is 3. The lowest BCUT2D eigenvalue weighted by atomic mass is 9.41. The average Bonchev–Trinajstić information content (AvgIpc) is 2.72. The number of aliphatic hydroxyl groups excluding tert-OH is 2. The number of rotatable bonds is 5. The average molecular weight is 497 g/mol. The molecule has 3 aliphatic rings. The Morgan fingerprint density at radius 3 is 2.06 bits per heavy atom. The molecule has 1 heterocycles. The van der Waals surface area contributed by atoms with Gasteiger partial charge in [0, 0.05) is 51.0 Å². The number of esters is 3. The lowest BCUT2D eigenvalue weighted by Crippen LogP contribution is -2.79. The van der Waals surface area contributed by atoms with Crippen molar-refractivity contribution in [1.29, 1.82) is 0 Å². The summed E-state index contributed by atoms with van der Waals surface area (Å²) in [6.07, 6.45) is -0.998. The van der Waals surface area contributed by atoms with Crippen molar-refractivity contribution in [1.82, 2.24) is 0 Å². The van der Waals surface area contributed by atoms with Crippen LogP contribution in [0, 0.1) is 22.7 Å². The maximum Gasteiger partial charge on any atom is 0.303 e. The van der Waals surface area contributed by atoms with E-state index in [0.29, 0.717) is 12.8 Å². The third-order valence-electron chi connectivity index (χ3n) is 8.76. The van der Waals surface area contributed by atoms with Gasteiger partial charge in [-0.1, -0.05) is 19.9 Å². The van der Waals surface area contributed by atoms with Crippen LogP contribution >= 0.6 is 0 Å². The molecule has 9 nitrogen and oxygen atoms in total. The summed E-state index contributed by atoms with van der Waals surface area (Å²) >= 11 is 0. The summed E-state index contributed by atoms with van der Waals surface area (Å²) in [6, 6.07) is 0. The van der Waals surface area contributed by atoms with E-state index in [1.807, 2.05) is 13.8 Å². The molecule has 2 aliphatic carbocycles. The van der Waals surface area contributed by atoms with Crippen LogP contribution < -0.4 is 0 Å². The van der Waals surface area contributed by atoms with Crippen molar-refractivity contribution in [3.8, 4) is 0 Å². The van der Waals surface area contributed by atoms with Gasteiger partial charge in [-0.3, -0.25) is 14.4 Å². The summed E-state index contributed by atoms with van der Waals surface area (Å²) in [7, 11) is 0. The van der Waals surface area contributed by atoms with E-state index in [1.54, 1.807) is 19.9 Å². The molecular formula is C26H40O9. The topological polar surface area (TPSA) is 129 Å². The zero-order chi connectivity index (χ0) is 26.6. The van der Waals surface area contributed by atoms with Gasteiger partial charge in [0.05, 0.1) is 5.60 Å². The van der Waals surface area contributed by atoms with Crippen LogP contribution in [0.15, 0.2) is 12.7 Å². The predicted molar refractivity (Wildman–Crippen MR) is 125 cm³/mol. The van der Waals surface area contributed by atoms with Gasteiger partial charge in [-0.2, -0.15) is 0 Å². The second kappa shape index (κ2) is 9.16. The number of ether oxygens (including phenoxy) is 4. The van der Waals surface area contributed by atoms with Crippen molar-refractivity contribution in [2.24, 2.45) is 22.7 Å². The normalized spacial score (nSPS) is 47.0. The van der Waals surface area contributed by atoms with Crippen LogP contribution in [0.1, 0.15) is 67.7 Å². The quantitative estimate of drug-likeness (QED) is 0.335. The lowest BCUT2D eigenvalue weighted by molar-refractivity contribution is -0.356. The fourth-order valence-electron chi connectivity index (χ4n) is 7.62. The minimum atomic E-state index is -1.38. The summed E-state index contributed by atoms with van der Waals surface area (Å²) in [5, 5.41) is 22.4. The summed E-state index contributed by atoms with van der Waals surface area (Å²) in [4.78, 5) is 36.7. The van der Waals surface area contributed by atoms with Crippen molar-refractivity contribution in [2.75, 3.05) is 6.61 Å². The summed E-state index contributed by atoms with van der Waals surface area (Å²) in [5.41, 5.74) is -4.12. The highest BCUT2D eigenvalue weighted by molar-refractivity contribution is 5.67. The van der Waals surface area contributed by atoms with Crippen LogP contribution in [0.2, 0.25) is 0 Å². The van der Waals surface area contributed by atoms with Gasteiger partial charge >= 0.3 is 17.9 Å². The monoisotopic (exact) mass is 496 g/mol. The molecular weight excluding hydrogens is 456 g/mol. The molecule has 3 fully saturated rings. The maximum absolute atomic E-state index is 12.2. The Hall–Kier alpha value is -1.97. The molecule has 10 atom stereocenters. The molecule has 198 valence electrons. The zero-order valence-corrected chi connectivity index (χ0v) is 21.8. The summed E-state index contributed by atoms with van der Waals surface area (Å²) < 4.78 is 24.1. The van der Waals surface area contributed by atoms with E-state index >= 15 is 0 Å². The zero-order valence-electron chi connectivity index (χ0n) is 21.8. The number of hydrogen-bond acceptors (Lipinski definition) is 9. The smallest absolute Gasteiger partial charge is 0.303 e. The molecule has 0 aromatic rings. The SMILES string of the molecule is C=C[C@]1(C)C[C@H](OC(C)=O)[C@@H]2[C@@](C)(O1)[C@H](O)[C@H](OC(C)=O)[C@@H]1[C@](C)(CO)CC[C@H](OC(C)=O)[C@]12C. The molecule has 1 saturated heterocycles. The van der Waals surface area contributed by atoms with Crippen LogP contribution in [0.4, 0.5) is 0 Å². The second-order valence-electron chi connectivity index (χ2n) is 11.4. The minimum Gasteiger partial charge on any atom is -0.462 e. The van der Waals surface area contributed by atoms with Gasteiger partial charge < -0.3 is 29.2 Å². The number of carbonyl (C=O) groups excluding carboxylic acids is 3. The summed E-state index contributed by atoms with van der Waals surface area (Å²) in [6.45, 7) is 14.8. The van der Waals surface area contributed by atoms with E-state index < -0.39 is 76.2 Å². The van der Waals surface area contributed by atoms with Gasteiger partial charge in [0.25, 0.3) is 0 Å². The molecule has 35 heavy (non-hydrogen) atoms. The molecule has 1 aliphatic heterocycles. The fraction of sp³-hybridized carbons (Fsp3) is 0.808. The van der Waals surface area contributed by atoms with Crippen molar-refractivity contribution in [3.63, 3.8) is 0 Å². The number of fused-ring (bicyclic) bond motifs is 3. The van der Waals surface area contributed by atoms with Crippen molar-refractivity contribution < 1.29 is 43.5 Å². The Bertz CT molecular complexity index is 888. The van der Waals surface area contributed by atoms with Crippen LogP contribution in [-0.2, 0) is 33.3 Å². The van der Waals surface area contributed by atoms with Crippen molar-refractivity contribution in [2.45, 2.75) is 103 Å². The Balaban J connectivity index is 2.34. The molecule has 0 bridgehead atoms. The molecule has 0 unspecified atom stereocenters. The van der Waals surface area contributed by atoms with Crippen LogP contribution in [0.5, 0.6) is 0 Å². The molecule has 2 saturated carbocycles.